The van der Waals surface area contributed by atoms with E-state index in [0.29, 0.717) is 22.1 Å². The Hall–Kier alpha value is -2.60. The van der Waals surface area contributed by atoms with E-state index >= 15 is 0 Å². The number of ether oxygens (including phenoxy) is 1. The summed E-state index contributed by atoms with van der Waals surface area (Å²) in [5, 5.41) is 3.34. The van der Waals surface area contributed by atoms with Crippen LogP contribution in [0.2, 0.25) is 0 Å². The molecule has 2 aromatic carbocycles. The topological polar surface area (TPSA) is 77.2 Å². The summed E-state index contributed by atoms with van der Waals surface area (Å²) in [5.41, 5.74) is 7.75. The van der Waals surface area contributed by atoms with Crippen LogP contribution in [0.5, 0.6) is 5.75 Å². The van der Waals surface area contributed by atoms with Crippen LogP contribution in [-0.2, 0) is 0 Å². The van der Waals surface area contributed by atoms with Gasteiger partial charge in [0, 0.05) is 11.3 Å². The van der Waals surface area contributed by atoms with Gasteiger partial charge in [0.15, 0.2) is 5.13 Å². The van der Waals surface area contributed by atoms with Crippen LogP contribution in [0, 0.1) is 0 Å². The Bertz CT molecular complexity index is 814. The molecule has 21 heavy (non-hydrogen) atoms. The molecule has 1 aromatic heterocycles. The molecule has 0 aliphatic carbocycles. The van der Waals surface area contributed by atoms with Crippen LogP contribution in [0.1, 0.15) is 10.4 Å². The van der Waals surface area contributed by atoms with Gasteiger partial charge >= 0.3 is 0 Å². The standard InChI is InChI=1S/C15H13N3O2S/c1-20-11-4-2-3-9(7-11)14(19)18-15-17-12-6-5-10(16)8-13(12)21-15/h2-8H,16H2,1H3,(H,17,18,19). The molecule has 5 nitrogen and oxygen atoms in total. The minimum Gasteiger partial charge on any atom is -0.497 e. The molecule has 6 heteroatoms. The Morgan fingerprint density at radius 3 is 2.95 bits per heavy atom. The first kappa shape index (κ1) is 13.4. The van der Waals surface area contributed by atoms with Gasteiger partial charge in [0.05, 0.1) is 17.3 Å². The maximum atomic E-state index is 12.2. The summed E-state index contributed by atoms with van der Waals surface area (Å²) in [5.74, 6) is 0.417. The summed E-state index contributed by atoms with van der Waals surface area (Å²) < 4.78 is 6.05. The second kappa shape index (κ2) is 5.41. The van der Waals surface area contributed by atoms with Crippen molar-refractivity contribution in [3.8, 4) is 5.75 Å². The van der Waals surface area contributed by atoms with Gasteiger partial charge in [-0.1, -0.05) is 17.4 Å². The normalized spacial score (nSPS) is 10.5. The van der Waals surface area contributed by atoms with Gasteiger partial charge in [-0.3, -0.25) is 10.1 Å². The lowest BCUT2D eigenvalue weighted by atomic mass is 10.2. The summed E-state index contributed by atoms with van der Waals surface area (Å²) in [4.78, 5) is 16.6. The van der Waals surface area contributed by atoms with Crippen molar-refractivity contribution in [3.63, 3.8) is 0 Å². The number of carbonyl (C=O) groups is 1. The zero-order valence-electron chi connectivity index (χ0n) is 11.3. The quantitative estimate of drug-likeness (QED) is 0.728. The highest BCUT2D eigenvalue weighted by atomic mass is 32.1. The first-order chi connectivity index (χ1) is 10.2. The molecule has 1 heterocycles. The second-order valence-corrected chi connectivity index (χ2v) is 5.46. The molecular weight excluding hydrogens is 286 g/mol. The third-order valence-electron chi connectivity index (χ3n) is 2.96. The zero-order valence-corrected chi connectivity index (χ0v) is 12.1. The molecule has 0 spiro atoms. The van der Waals surface area contributed by atoms with Crippen molar-refractivity contribution in [2.24, 2.45) is 0 Å². The fourth-order valence-corrected chi connectivity index (χ4v) is 2.84. The van der Waals surface area contributed by atoms with E-state index < -0.39 is 0 Å². The zero-order chi connectivity index (χ0) is 14.8. The molecule has 0 atom stereocenters. The molecule has 0 bridgehead atoms. The van der Waals surface area contributed by atoms with Gasteiger partial charge in [0.2, 0.25) is 0 Å². The molecule has 0 fully saturated rings. The summed E-state index contributed by atoms with van der Waals surface area (Å²) in [6.45, 7) is 0. The molecule has 0 aliphatic heterocycles. The summed E-state index contributed by atoms with van der Waals surface area (Å²) in [6, 6.07) is 12.4. The highest BCUT2D eigenvalue weighted by molar-refractivity contribution is 7.22. The Labute approximate surface area is 125 Å². The number of rotatable bonds is 3. The molecule has 0 saturated carbocycles. The lowest BCUT2D eigenvalue weighted by molar-refractivity contribution is 0.102. The summed E-state index contributed by atoms with van der Waals surface area (Å²) in [6.07, 6.45) is 0. The molecule has 0 saturated heterocycles. The lowest BCUT2D eigenvalue weighted by Crippen LogP contribution is -2.11. The number of thiazole rings is 1. The number of nitrogens with one attached hydrogen (secondary N) is 1. The third-order valence-corrected chi connectivity index (χ3v) is 3.90. The number of aromatic nitrogens is 1. The number of benzene rings is 2. The van der Waals surface area contributed by atoms with Crippen LogP contribution in [-0.4, -0.2) is 18.0 Å². The monoisotopic (exact) mass is 299 g/mol. The van der Waals surface area contributed by atoms with E-state index in [1.807, 2.05) is 12.1 Å². The molecular formula is C15H13N3O2S. The average molecular weight is 299 g/mol. The van der Waals surface area contributed by atoms with Crippen molar-refractivity contribution in [3.05, 3.63) is 48.0 Å². The number of nitrogens with two attached hydrogens (primary N) is 1. The molecule has 3 N–H and O–H groups in total. The van der Waals surface area contributed by atoms with Crippen LogP contribution in [0.25, 0.3) is 10.2 Å². The van der Waals surface area contributed by atoms with E-state index in [-0.39, 0.29) is 5.91 Å². The van der Waals surface area contributed by atoms with Crippen LogP contribution in [0.15, 0.2) is 42.5 Å². The number of nitrogen functional groups attached to an aromatic ring is 1. The van der Waals surface area contributed by atoms with Gasteiger partial charge in [-0.05, 0) is 36.4 Å². The SMILES string of the molecule is COc1cccc(C(=O)Nc2nc3ccc(N)cc3s2)c1. The minimum absolute atomic E-state index is 0.221. The molecule has 3 aromatic rings. The Morgan fingerprint density at radius 1 is 1.29 bits per heavy atom. The fourth-order valence-electron chi connectivity index (χ4n) is 1.93. The number of hydrogen-bond acceptors (Lipinski definition) is 5. The smallest absolute Gasteiger partial charge is 0.257 e. The Balaban J connectivity index is 1.85. The lowest BCUT2D eigenvalue weighted by Gasteiger charge is -2.03. The van der Waals surface area contributed by atoms with E-state index in [9.17, 15) is 4.79 Å². The average Bonchev–Trinajstić information content (AvgIpc) is 2.88. The molecule has 106 valence electrons. The van der Waals surface area contributed by atoms with Crippen molar-refractivity contribution in [1.82, 2.24) is 4.98 Å². The first-order valence-electron chi connectivity index (χ1n) is 6.27. The van der Waals surface area contributed by atoms with Crippen molar-refractivity contribution in [2.75, 3.05) is 18.2 Å². The number of hydrogen-bond donors (Lipinski definition) is 2. The minimum atomic E-state index is -0.221. The van der Waals surface area contributed by atoms with Crippen LogP contribution < -0.4 is 15.8 Å². The number of methoxy groups -OCH3 is 1. The van der Waals surface area contributed by atoms with Crippen LogP contribution in [0.4, 0.5) is 10.8 Å². The molecule has 0 radical (unpaired) electrons. The third kappa shape index (κ3) is 2.80. The van der Waals surface area contributed by atoms with E-state index in [1.54, 1.807) is 37.4 Å². The number of fused-ring (bicyclic) bond motifs is 1. The van der Waals surface area contributed by atoms with Gasteiger partial charge in [-0.25, -0.2) is 4.98 Å². The van der Waals surface area contributed by atoms with Gasteiger partial charge in [-0.2, -0.15) is 0 Å². The molecule has 3 rings (SSSR count). The van der Waals surface area contributed by atoms with E-state index in [2.05, 4.69) is 10.3 Å². The second-order valence-electron chi connectivity index (χ2n) is 4.43. The first-order valence-corrected chi connectivity index (χ1v) is 7.09. The van der Waals surface area contributed by atoms with Crippen molar-refractivity contribution >= 4 is 38.3 Å². The maximum absolute atomic E-state index is 12.2. The van der Waals surface area contributed by atoms with Gasteiger partial charge in [0.1, 0.15) is 5.75 Å². The van der Waals surface area contributed by atoms with Crippen molar-refractivity contribution < 1.29 is 9.53 Å². The van der Waals surface area contributed by atoms with Gasteiger partial charge < -0.3 is 10.5 Å². The maximum Gasteiger partial charge on any atom is 0.257 e. The highest BCUT2D eigenvalue weighted by Crippen LogP contribution is 2.28. The van der Waals surface area contributed by atoms with Crippen molar-refractivity contribution in [1.29, 1.82) is 0 Å². The van der Waals surface area contributed by atoms with Crippen LogP contribution in [0.3, 0.4) is 0 Å². The number of amides is 1. The van der Waals surface area contributed by atoms with E-state index in [0.717, 1.165) is 10.2 Å². The van der Waals surface area contributed by atoms with Gasteiger partial charge in [-0.15, -0.1) is 0 Å². The highest BCUT2D eigenvalue weighted by Gasteiger charge is 2.10. The predicted octanol–water partition coefficient (Wildman–Crippen LogP) is 3.14. The van der Waals surface area contributed by atoms with Crippen molar-refractivity contribution in [2.45, 2.75) is 0 Å². The number of nitrogens with zero attached hydrogens (tertiary/aromatic N) is 1. The largest absolute Gasteiger partial charge is 0.497 e. The van der Waals surface area contributed by atoms with E-state index in [4.69, 9.17) is 10.5 Å². The number of carbonyl (C=O) groups excluding carboxylic acids is 1. The number of anilines is 2. The molecule has 1 amide bonds. The predicted molar refractivity (Wildman–Crippen MR) is 85.0 cm³/mol. The van der Waals surface area contributed by atoms with Crippen LogP contribution >= 0.6 is 11.3 Å². The molecule has 0 aliphatic rings. The van der Waals surface area contributed by atoms with Gasteiger partial charge in [0.25, 0.3) is 5.91 Å². The van der Waals surface area contributed by atoms with E-state index in [1.165, 1.54) is 11.3 Å². The fraction of sp³-hybridized carbons (Fsp3) is 0.0667. The molecule has 0 unspecified atom stereocenters. The summed E-state index contributed by atoms with van der Waals surface area (Å²) >= 11 is 1.39. The Morgan fingerprint density at radius 2 is 2.14 bits per heavy atom. The summed E-state index contributed by atoms with van der Waals surface area (Å²) in [7, 11) is 1.56. The Kier molecular flexibility index (Phi) is 3.45.